The molecule has 0 aliphatic heterocycles. The molecule has 1 aromatic heterocycles. The zero-order valence-electron chi connectivity index (χ0n) is 10.3. The van der Waals surface area contributed by atoms with Crippen LogP contribution >= 0.6 is 23.8 Å². The number of carbonyl (C=O) groups excluding carboxylic acids is 1. The lowest BCUT2D eigenvalue weighted by molar-refractivity contribution is -0.122. The Kier molecular flexibility index (Phi) is 3.33. The molecule has 2 N–H and O–H groups in total. The number of amides is 1. The third-order valence-corrected chi connectivity index (χ3v) is 3.88. The molecule has 6 heteroatoms. The number of H-pyrrole nitrogens is 1. The van der Waals surface area contributed by atoms with E-state index >= 15 is 0 Å². The topological polar surface area (TPSA) is 49.8 Å². The molecule has 1 aliphatic rings. The van der Waals surface area contributed by atoms with E-state index in [9.17, 15) is 4.79 Å². The van der Waals surface area contributed by atoms with Crippen molar-refractivity contribution in [3.05, 3.63) is 28.0 Å². The van der Waals surface area contributed by atoms with E-state index in [0.29, 0.717) is 22.9 Å². The minimum Gasteiger partial charge on any atom is -0.354 e. The van der Waals surface area contributed by atoms with E-state index in [2.05, 4.69) is 10.3 Å². The maximum absolute atomic E-state index is 11.6. The molecule has 1 heterocycles. The number of nitrogens with zero attached hydrogens (tertiary/aromatic N) is 1. The monoisotopic (exact) mass is 295 g/mol. The van der Waals surface area contributed by atoms with E-state index in [4.69, 9.17) is 23.8 Å². The molecule has 1 aliphatic carbocycles. The Morgan fingerprint density at radius 3 is 3.05 bits per heavy atom. The number of aromatic amines is 1. The molecular formula is C13H14ClN3OS. The highest BCUT2D eigenvalue weighted by Crippen LogP contribution is 2.28. The molecule has 4 nitrogen and oxygen atoms in total. The Bertz CT molecular complexity index is 687. The Hall–Kier alpha value is -1.33. The van der Waals surface area contributed by atoms with Crippen molar-refractivity contribution in [2.75, 3.05) is 6.54 Å². The van der Waals surface area contributed by atoms with Crippen LogP contribution < -0.4 is 5.32 Å². The first-order valence-corrected chi connectivity index (χ1v) is 7.09. The molecule has 0 radical (unpaired) electrons. The SMILES string of the molecule is O=C(NCCn1c(=S)[nH]c2ccc(Cl)cc21)C1CC1. The number of imidazole rings is 1. The maximum atomic E-state index is 11.6. The Morgan fingerprint density at radius 1 is 1.53 bits per heavy atom. The highest BCUT2D eigenvalue weighted by atomic mass is 35.5. The number of halogens is 1. The summed E-state index contributed by atoms with van der Waals surface area (Å²) in [6.45, 7) is 1.24. The number of carbonyl (C=O) groups is 1. The van der Waals surface area contributed by atoms with Crippen molar-refractivity contribution in [2.24, 2.45) is 5.92 Å². The Morgan fingerprint density at radius 2 is 2.32 bits per heavy atom. The largest absolute Gasteiger partial charge is 0.354 e. The van der Waals surface area contributed by atoms with Gasteiger partial charge in [0.05, 0.1) is 11.0 Å². The second-order valence-electron chi connectivity index (χ2n) is 4.81. The summed E-state index contributed by atoms with van der Waals surface area (Å²) in [5, 5.41) is 3.61. The van der Waals surface area contributed by atoms with Crippen LogP contribution in [0.4, 0.5) is 0 Å². The van der Waals surface area contributed by atoms with Gasteiger partial charge in [0.2, 0.25) is 5.91 Å². The summed E-state index contributed by atoms with van der Waals surface area (Å²) in [5.74, 6) is 0.398. The average molecular weight is 296 g/mol. The quantitative estimate of drug-likeness (QED) is 0.852. The Balaban J connectivity index is 1.76. The summed E-state index contributed by atoms with van der Waals surface area (Å²) in [7, 11) is 0. The van der Waals surface area contributed by atoms with Crippen LogP contribution in [0.3, 0.4) is 0 Å². The van der Waals surface area contributed by atoms with Gasteiger partial charge in [0.25, 0.3) is 0 Å². The molecule has 1 aromatic carbocycles. The molecule has 0 saturated heterocycles. The number of hydrogen-bond donors (Lipinski definition) is 2. The number of nitrogens with one attached hydrogen (secondary N) is 2. The van der Waals surface area contributed by atoms with Crippen LogP contribution in [0.15, 0.2) is 18.2 Å². The summed E-state index contributed by atoms with van der Waals surface area (Å²) < 4.78 is 2.61. The molecule has 1 saturated carbocycles. The minimum absolute atomic E-state index is 0.157. The fourth-order valence-electron chi connectivity index (χ4n) is 2.13. The van der Waals surface area contributed by atoms with Crippen LogP contribution in [-0.2, 0) is 11.3 Å². The number of benzene rings is 1. The van der Waals surface area contributed by atoms with Gasteiger partial charge in [0.15, 0.2) is 4.77 Å². The number of rotatable bonds is 4. The van der Waals surface area contributed by atoms with E-state index in [-0.39, 0.29) is 11.8 Å². The predicted molar refractivity (Wildman–Crippen MR) is 77.9 cm³/mol. The summed E-state index contributed by atoms with van der Waals surface area (Å²) in [4.78, 5) is 14.7. The fourth-order valence-corrected chi connectivity index (χ4v) is 2.59. The van der Waals surface area contributed by atoms with Gasteiger partial charge in [-0.3, -0.25) is 4.79 Å². The highest BCUT2D eigenvalue weighted by molar-refractivity contribution is 7.71. The van der Waals surface area contributed by atoms with E-state index in [1.54, 1.807) is 0 Å². The minimum atomic E-state index is 0.157. The van der Waals surface area contributed by atoms with Gasteiger partial charge in [-0.05, 0) is 43.3 Å². The molecule has 1 amide bonds. The van der Waals surface area contributed by atoms with E-state index in [1.165, 1.54) is 0 Å². The van der Waals surface area contributed by atoms with Crippen LogP contribution in [0.5, 0.6) is 0 Å². The van der Waals surface area contributed by atoms with Gasteiger partial charge in [-0.25, -0.2) is 0 Å². The molecule has 19 heavy (non-hydrogen) atoms. The molecule has 0 unspecified atom stereocenters. The van der Waals surface area contributed by atoms with Crippen LogP contribution in [0.25, 0.3) is 11.0 Å². The molecule has 3 rings (SSSR count). The third-order valence-electron chi connectivity index (χ3n) is 3.32. The van der Waals surface area contributed by atoms with Crippen LogP contribution in [0.2, 0.25) is 5.02 Å². The van der Waals surface area contributed by atoms with E-state index in [1.807, 2.05) is 22.8 Å². The second kappa shape index (κ2) is 4.98. The lowest BCUT2D eigenvalue weighted by Gasteiger charge is -2.06. The van der Waals surface area contributed by atoms with Gasteiger partial charge in [-0.1, -0.05) is 11.6 Å². The molecular weight excluding hydrogens is 282 g/mol. The lowest BCUT2D eigenvalue weighted by Crippen LogP contribution is -2.28. The van der Waals surface area contributed by atoms with Crippen molar-refractivity contribution in [1.29, 1.82) is 0 Å². The normalized spacial score (nSPS) is 14.8. The second-order valence-corrected chi connectivity index (χ2v) is 5.63. The first kappa shape index (κ1) is 12.7. The average Bonchev–Trinajstić information content (AvgIpc) is 3.17. The Labute approximate surface area is 120 Å². The number of aromatic nitrogens is 2. The molecule has 0 spiro atoms. The van der Waals surface area contributed by atoms with Gasteiger partial charge in [-0.15, -0.1) is 0 Å². The zero-order valence-corrected chi connectivity index (χ0v) is 11.9. The number of hydrogen-bond acceptors (Lipinski definition) is 2. The zero-order chi connectivity index (χ0) is 13.4. The van der Waals surface area contributed by atoms with Crippen LogP contribution in [0, 0.1) is 10.7 Å². The van der Waals surface area contributed by atoms with E-state index in [0.717, 1.165) is 23.9 Å². The summed E-state index contributed by atoms with van der Waals surface area (Å²) >= 11 is 11.3. The lowest BCUT2D eigenvalue weighted by atomic mass is 10.3. The first-order valence-electron chi connectivity index (χ1n) is 6.31. The van der Waals surface area contributed by atoms with Crippen molar-refractivity contribution in [1.82, 2.24) is 14.9 Å². The van der Waals surface area contributed by atoms with Gasteiger partial charge in [0, 0.05) is 24.0 Å². The van der Waals surface area contributed by atoms with Crippen molar-refractivity contribution >= 4 is 40.8 Å². The fraction of sp³-hybridized carbons (Fsp3) is 0.385. The van der Waals surface area contributed by atoms with Crippen molar-refractivity contribution < 1.29 is 4.79 Å². The molecule has 0 atom stereocenters. The molecule has 2 aromatic rings. The predicted octanol–water partition coefficient (Wildman–Crippen LogP) is 2.88. The van der Waals surface area contributed by atoms with Crippen LogP contribution in [0.1, 0.15) is 12.8 Å². The highest BCUT2D eigenvalue weighted by Gasteiger charge is 2.29. The van der Waals surface area contributed by atoms with Crippen molar-refractivity contribution in [3.63, 3.8) is 0 Å². The van der Waals surface area contributed by atoms with Crippen molar-refractivity contribution in [2.45, 2.75) is 19.4 Å². The van der Waals surface area contributed by atoms with Gasteiger partial charge in [0.1, 0.15) is 0 Å². The summed E-state index contributed by atoms with van der Waals surface area (Å²) in [6.07, 6.45) is 2.04. The smallest absolute Gasteiger partial charge is 0.223 e. The summed E-state index contributed by atoms with van der Waals surface area (Å²) in [5.41, 5.74) is 1.93. The number of fused-ring (bicyclic) bond motifs is 1. The van der Waals surface area contributed by atoms with Gasteiger partial charge in [-0.2, -0.15) is 0 Å². The van der Waals surface area contributed by atoms with Gasteiger partial charge < -0.3 is 14.9 Å². The third kappa shape index (κ3) is 2.67. The van der Waals surface area contributed by atoms with E-state index < -0.39 is 0 Å². The molecule has 100 valence electrons. The van der Waals surface area contributed by atoms with Crippen molar-refractivity contribution in [3.8, 4) is 0 Å². The summed E-state index contributed by atoms with van der Waals surface area (Å²) in [6, 6.07) is 5.62. The van der Waals surface area contributed by atoms with Gasteiger partial charge >= 0.3 is 0 Å². The van der Waals surface area contributed by atoms with Crippen LogP contribution in [-0.4, -0.2) is 22.0 Å². The molecule has 0 bridgehead atoms. The first-order chi connectivity index (χ1) is 9.15. The standard InChI is InChI=1S/C13H14ClN3OS/c14-9-3-4-10-11(7-9)17(13(19)16-10)6-5-15-12(18)8-1-2-8/h3-4,7-8H,1-2,5-6H2,(H,15,18)(H,16,19). The molecule has 1 fully saturated rings. The maximum Gasteiger partial charge on any atom is 0.223 e.